The Morgan fingerprint density at radius 3 is 2.11 bits per heavy atom. The van der Waals surface area contributed by atoms with Crippen molar-refractivity contribution in [3.8, 4) is 0 Å². The second-order valence-electron chi connectivity index (χ2n) is 7.66. The third-order valence-electron chi connectivity index (χ3n) is 4.52. The van der Waals surface area contributed by atoms with Gasteiger partial charge in [0.15, 0.2) is 0 Å². The third-order valence-corrected chi connectivity index (χ3v) is 4.52. The molecule has 0 bridgehead atoms. The van der Waals surface area contributed by atoms with Crippen LogP contribution in [0.15, 0.2) is 0 Å². The van der Waals surface area contributed by atoms with Crippen LogP contribution in [0.4, 0.5) is 0 Å². The summed E-state index contributed by atoms with van der Waals surface area (Å²) in [5, 5.41) is 3.37. The molecule has 3 nitrogen and oxygen atoms in total. The van der Waals surface area contributed by atoms with Crippen LogP contribution in [-0.4, -0.2) is 18.5 Å². The summed E-state index contributed by atoms with van der Waals surface area (Å²) >= 11 is 0. The third kappa shape index (κ3) is 5.13. The number of primary amides is 1. The Hall–Kier alpha value is -0.570. The molecule has 3 N–H and O–H groups in total. The lowest BCUT2D eigenvalue weighted by atomic mass is 9.68. The van der Waals surface area contributed by atoms with Crippen molar-refractivity contribution < 1.29 is 4.79 Å². The summed E-state index contributed by atoms with van der Waals surface area (Å²) in [5.74, 6) is 1.57. The zero-order chi connectivity index (χ0) is 14.6. The van der Waals surface area contributed by atoms with Gasteiger partial charge in [-0.25, -0.2) is 0 Å². The average Bonchev–Trinajstić information content (AvgIpc) is 2.27. The van der Waals surface area contributed by atoms with E-state index in [0.29, 0.717) is 17.3 Å². The van der Waals surface area contributed by atoms with Gasteiger partial charge in [-0.15, -0.1) is 0 Å². The highest BCUT2D eigenvalue weighted by Crippen LogP contribution is 2.40. The zero-order valence-electron chi connectivity index (χ0n) is 13.3. The summed E-state index contributed by atoms with van der Waals surface area (Å²) in [6.07, 6.45) is 4.70. The number of carbonyl (C=O) groups is 1. The van der Waals surface area contributed by atoms with Crippen LogP contribution in [-0.2, 0) is 4.79 Å². The summed E-state index contributed by atoms with van der Waals surface area (Å²) in [7, 11) is 0. The number of nitrogens with one attached hydrogen (secondary N) is 1. The highest BCUT2D eigenvalue weighted by atomic mass is 16.1. The maximum absolute atomic E-state index is 11.6. The van der Waals surface area contributed by atoms with E-state index in [-0.39, 0.29) is 11.9 Å². The van der Waals surface area contributed by atoms with Gasteiger partial charge in [0.1, 0.15) is 0 Å². The Morgan fingerprint density at radius 2 is 1.74 bits per heavy atom. The average molecular weight is 268 g/mol. The quantitative estimate of drug-likeness (QED) is 0.805. The summed E-state index contributed by atoms with van der Waals surface area (Å²) in [5.41, 5.74) is 5.96. The van der Waals surface area contributed by atoms with Gasteiger partial charge in [0.25, 0.3) is 0 Å². The van der Waals surface area contributed by atoms with Gasteiger partial charge in [0, 0.05) is 0 Å². The van der Waals surface area contributed by atoms with Crippen molar-refractivity contribution in [1.82, 2.24) is 5.32 Å². The van der Waals surface area contributed by atoms with Gasteiger partial charge in [-0.05, 0) is 55.4 Å². The van der Waals surface area contributed by atoms with Crippen molar-refractivity contribution >= 4 is 5.91 Å². The Kier molecular flexibility index (Phi) is 5.84. The lowest BCUT2D eigenvalue weighted by Gasteiger charge is -2.39. The molecule has 1 aliphatic carbocycles. The van der Waals surface area contributed by atoms with Gasteiger partial charge in [-0.2, -0.15) is 0 Å². The molecular weight excluding hydrogens is 236 g/mol. The highest BCUT2D eigenvalue weighted by molar-refractivity contribution is 5.80. The predicted molar refractivity (Wildman–Crippen MR) is 80.7 cm³/mol. The van der Waals surface area contributed by atoms with E-state index in [9.17, 15) is 4.79 Å². The summed E-state index contributed by atoms with van der Waals surface area (Å²) < 4.78 is 0. The van der Waals surface area contributed by atoms with Gasteiger partial charge < -0.3 is 11.1 Å². The van der Waals surface area contributed by atoms with Crippen LogP contribution in [0.5, 0.6) is 0 Å². The molecule has 1 amide bonds. The van der Waals surface area contributed by atoms with Crippen LogP contribution in [0.2, 0.25) is 0 Å². The van der Waals surface area contributed by atoms with E-state index < -0.39 is 0 Å². The van der Waals surface area contributed by atoms with E-state index in [1.54, 1.807) is 0 Å². The van der Waals surface area contributed by atoms with Crippen LogP contribution in [0.3, 0.4) is 0 Å². The molecule has 3 heteroatoms. The van der Waals surface area contributed by atoms with Crippen molar-refractivity contribution in [2.75, 3.05) is 6.54 Å². The summed E-state index contributed by atoms with van der Waals surface area (Å²) in [6, 6.07) is -0.136. The lowest BCUT2D eigenvalue weighted by Crippen LogP contribution is -2.49. The molecule has 1 saturated carbocycles. The molecule has 1 atom stereocenters. The smallest absolute Gasteiger partial charge is 0.234 e. The molecule has 112 valence electrons. The SMILES string of the molecule is CC(C)CNC(C(N)=O)C1CCC(C(C)(C)C)CC1. The van der Waals surface area contributed by atoms with Crippen LogP contribution < -0.4 is 11.1 Å². The fourth-order valence-electron chi connectivity index (χ4n) is 3.18. The molecule has 1 rings (SSSR count). The van der Waals surface area contributed by atoms with E-state index in [4.69, 9.17) is 5.73 Å². The number of nitrogens with two attached hydrogens (primary N) is 1. The standard InChI is InChI=1S/C16H32N2O/c1-11(2)10-18-14(15(17)19)12-6-8-13(9-7-12)16(3,4)5/h11-14,18H,6-10H2,1-5H3,(H2,17,19). The maximum Gasteiger partial charge on any atom is 0.234 e. The minimum atomic E-state index is -0.181. The summed E-state index contributed by atoms with van der Waals surface area (Å²) in [4.78, 5) is 11.6. The van der Waals surface area contributed by atoms with E-state index in [1.165, 1.54) is 12.8 Å². The Bertz CT molecular complexity index is 286. The molecule has 0 aliphatic heterocycles. The van der Waals surface area contributed by atoms with E-state index in [1.807, 2.05) is 0 Å². The fraction of sp³-hybridized carbons (Fsp3) is 0.938. The molecule has 0 aromatic rings. The Morgan fingerprint density at radius 1 is 1.21 bits per heavy atom. The molecule has 1 aliphatic rings. The molecule has 19 heavy (non-hydrogen) atoms. The second-order valence-corrected chi connectivity index (χ2v) is 7.66. The normalized spacial score (nSPS) is 26.4. The second kappa shape index (κ2) is 6.74. The molecule has 0 spiro atoms. The lowest BCUT2D eigenvalue weighted by molar-refractivity contribution is -0.121. The first-order chi connectivity index (χ1) is 8.71. The van der Waals surface area contributed by atoms with Crippen molar-refractivity contribution in [2.24, 2.45) is 28.9 Å². The highest BCUT2D eigenvalue weighted by Gasteiger charge is 2.34. The molecule has 0 saturated heterocycles. The van der Waals surface area contributed by atoms with Crippen LogP contribution in [0.1, 0.15) is 60.3 Å². The number of hydrogen-bond donors (Lipinski definition) is 2. The fourth-order valence-corrected chi connectivity index (χ4v) is 3.18. The number of rotatable bonds is 5. The molecule has 0 heterocycles. The monoisotopic (exact) mass is 268 g/mol. The van der Waals surface area contributed by atoms with Crippen molar-refractivity contribution in [1.29, 1.82) is 0 Å². The molecular formula is C16H32N2O. The summed E-state index contributed by atoms with van der Waals surface area (Å²) in [6.45, 7) is 12.1. The topological polar surface area (TPSA) is 55.1 Å². The van der Waals surface area contributed by atoms with Crippen LogP contribution >= 0.6 is 0 Å². The largest absolute Gasteiger partial charge is 0.368 e. The molecule has 1 unspecified atom stereocenters. The molecule has 0 aromatic heterocycles. The van der Waals surface area contributed by atoms with Crippen LogP contribution in [0, 0.1) is 23.2 Å². The van der Waals surface area contributed by atoms with Gasteiger partial charge in [-0.3, -0.25) is 4.79 Å². The van der Waals surface area contributed by atoms with Crippen molar-refractivity contribution in [2.45, 2.75) is 66.3 Å². The zero-order valence-corrected chi connectivity index (χ0v) is 13.3. The molecule has 1 fully saturated rings. The van der Waals surface area contributed by atoms with Crippen molar-refractivity contribution in [3.05, 3.63) is 0 Å². The Balaban J connectivity index is 2.53. The van der Waals surface area contributed by atoms with Gasteiger partial charge in [0.05, 0.1) is 6.04 Å². The minimum absolute atomic E-state index is 0.136. The number of carbonyl (C=O) groups excluding carboxylic acids is 1. The first kappa shape index (κ1) is 16.5. The van der Waals surface area contributed by atoms with Gasteiger partial charge in [-0.1, -0.05) is 34.6 Å². The van der Waals surface area contributed by atoms with E-state index in [0.717, 1.165) is 25.3 Å². The van der Waals surface area contributed by atoms with E-state index in [2.05, 4.69) is 39.9 Å². The molecule has 0 aromatic carbocycles. The number of amides is 1. The van der Waals surface area contributed by atoms with Gasteiger partial charge >= 0.3 is 0 Å². The van der Waals surface area contributed by atoms with Crippen LogP contribution in [0.25, 0.3) is 0 Å². The maximum atomic E-state index is 11.6. The predicted octanol–water partition coefficient (Wildman–Crippen LogP) is 2.94. The van der Waals surface area contributed by atoms with E-state index >= 15 is 0 Å². The van der Waals surface area contributed by atoms with Crippen molar-refractivity contribution in [3.63, 3.8) is 0 Å². The Labute approximate surface area is 118 Å². The minimum Gasteiger partial charge on any atom is -0.368 e. The van der Waals surface area contributed by atoms with Gasteiger partial charge in [0.2, 0.25) is 5.91 Å². The number of hydrogen-bond acceptors (Lipinski definition) is 2. The first-order valence-electron chi connectivity index (χ1n) is 7.74. The molecule has 0 radical (unpaired) electrons. The first-order valence-corrected chi connectivity index (χ1v) is 7.74.